The maximum absolute atomic E-state index is 11.3. The number of hydrogen-bond donors (Lipinski definition) is 0. The van der Waals surface area contributed by atoms with E-state index < -0.39 is 25.5 Å². The van der Waals surface area contributed by atoms with E-state index in [2.05, 4.69) is 16.1 Å². The molecule has 0 rings (SSSR count). The van der Waals surface area contributed by atoms with Crippen molar-refractivity contribution in [1.29, 1.82) is 0 Å². The van der Waals surface area contributed by atoms with Gasteiger partial charge in [0.15, 0.2) is 0 Å². The summed E-state index contributed by atoms with van der Waals surface area (Å²) in [5.41, 5.74) is 0. The van der Waals surface area contributed by atoms with Crippen molar-refractivity contribution in [3.63, 3.8) is 0 Å². The second-order valence-electron chi connectivity index (χ2n) is 1.67. The van der Waals surface area contributed by atoms with Gasteiger partial charge in [0.05, 0.1) is 6.61 Å². The molecule has 0 saturated heterocycles. The van der Waals surface area contributed by atoms with Gasteiger partial charge < -0.3 is 4.74 Å². The highest BCUT2D eigenvalue weighted by Gasteiger charge is 2.28. The van der Waals surface area contributed by atoms with Gasteiger partial charge in [-0.1, -0.05) is 6.58 Å². The molecule has 0 N–H and O–H groups in total. The molecule has 0 aromatic carbocycles. The number of ether oxygens (including phenoxy) is 2. The lowest BCUT2D eigenvalue weighted by Crippen LogP contribution is -2.18. The molecule has 0 aromatic rings. The first-order valence-corrected chi connectivity index (χ1v) is 2.95. The van der Waals surface area contributed by atoms with Gasteiger partial charge in [0.2, 0.25) is 0 Å². The fourth-order valence-corrected chi connectivity index (χ4v) is 0.359. The summed E-state index contributed by atoms with van der Waals surface area (Å²) in [6.45, 7) is 1.91. The van der Waals surface area contributed by atoms with Crippen molar-refractivity contribution >= 4 is 5.97 Å². The highest BCUT2D eigenvalue weighted by atomic mass is 19.4. The lowest BCUT2D eigenvalue weighted by atomic mass is 10.6. The number of hydrogen-bond acceptors (Lipinski definition) is 3. The van der Waals surface area contributed by atoms with Crippen LogP contribution in [0, 0.1) is 0 Å². The molecule has 0 saturated carbocycles. The topological polar surface area (TPSA) is 35.5 Å². The van der Waals surface area contributed by atoms with Crippen LogP contribution in [0.5, 0.6) is 0 Å². The second kappa shape index (κ2) is 4.76. The molecule has 0 aromatic heterocycles. The number of alkyl halides is 3. The molecule has 0 heterocycles. The molecule has 0 amide bonds. The third-order valence-electron chi connectivity index (χ3n) is 0.760. The van der Waals surface area contributed by atoms with Gasteiger partial charge in [-0.2, -0.15) is 0 Å². The summed E-state index contributed by atoms with van der Waals surface area (Å²) in [5.74, 6) is -0.777. The highest BCUT2D eigenvalue weighted by molar-refractivity contribution is 5.81. The summed E-state index contributed by atoms with van der Waals surface area (Å²) in [5, 5.41) is 0. The molecule has 0 unspecified atom stereocenters. The Morgan fingerprint density at radius 2 is 2.00 bits per heavy atom. The Morgan fingerprint density at radius 1 is 1.42 bits per heavy atom. The standard InChI is InChI=1S/C6H7F3O3/c1-2-5(10)11-3-4-12-6(7,8)9/h2H,1,3-4H2. The third kappa shape index (κ3) is 7.07. The van der Waals surface area contributed by atoms with Gasteiger partial charge in [-0.15, -0.1) is 13.2 Å². The number of rotatable bonds is 4. The SMILES string of the molecule is C=CC(=O)OCCOC(F)(F)F. The number of halogens is 3. The quantitative estimate of drug-likeness (QED) is 0.374. The fraction of sp³-hybridized carbons (Fsp3) is 0.500. The zero-order valence-electron chi connectivity index (χ0n) is 6.06. The van der Waals surface area contributed by atoms with Crippen molar-refractivity contribution in [2.45, 2.75) is 6.36 Å². The van der Waals surface area contributed by atoms with Crippen LogP contribution in [0.2, 0.25) is 0 Å². The van der Waals surface area contributed by atoms with Crippen LogP contribution < -0.4 is 0 Å². The van der Waals surface area contributed by atoms with Crippen molar-refractivity contribution in [1.82, 2.24) is 0 Å². The van der Waals surface area contributed by atoms with Gasteiger partial charge in [-0.05, 0) is 0 Å². The molecular formula is C6H7F3O3. The Balaban J connectivity index is 3.34. The molecule has 6 heteroatoms. The van der Waals surface area contributed by atoms with E-state index in [1.165, 1.54) is 0 Å². The molecule has 0 aliphatic rings. The van der Waals surface area contributed by atoms with Crippen molar-refractivity contribution in [2.75, 3.05) is 13.2 Å². The first-order chi connectivity index (χ1) is 5.45. The van der Waals surface area contributed by atoms with Crippen LogP contribution in [0.1, 0.15) is 0 Å². The lowest BCUT2D eigenvalue weighted by Gasteiger charge is -2.06. The van der Waals surface area contributed by atoms with Gasteiger partial charge in [-0.25, -0.2) is 4.79 Å². The summed E-state index contributed by atoms with van der Waals surface area (Å²) >= 11 is 0. The van der Waals surface area contributed by atoms with E-state index in [9.17, 15) is 18.0 Å². The average molecular weight is 184 g/mol. The minimum absolute atomic E-state index is 0.440. The van der Waals surface area contributed by atoms with Crippen LogP contribution in [-0.4, -0.2) is 25.5 Å². The van der Waals surface area contributed by atoms with Crippen LogP contribution in [0.4, 0.5) is 13.2 Å². The summed E-state index contributed by atoms with van der Waals surface area (Å²) < 4.78 is 41.4. The molecular weight excluding hydrogens is 177 g/mol. The predicted octanol–water partition coefficient (Wildman–Crippen LogP) is 1.25. The summed E-state index contributed by atoms with van der Waals surface area (Å²) in [4.78, 5) is 10.3. The van der Waals surface area contributed by atoms with Crippen LogP contribution in [-0.2, 0) is 14.3 Å². The third-order valence-corrected chi connectivity index (χ3v) is 0.760. The van der Waals surface area contributed by atoms with Crippen molar-refractivity contribution in [2.24, 2.45) is 0 Å². The van der Waals surface area contributed by atoms with E-state index in [0.717, 1.165) is 6.08 Å². The van der Waals surface area contributed by atoms with Gasteiger partial charge >= 0.3 is 12.3 Å². The summed E-state index contributed by atoms with van der Waals surface area (Å²) in [7, 11) is 0. The van der Waals surface area contributed by atoms with Crippen molar-refractivity contribution in [3.05, 3.63) is 12.7 Å². The normalized spacial score (nSPS) is 10.9. The Bertz CT molecular complexity index is 164. The van der Waals surface area contributed by atoms with Crippen LogP contribution >= 0.6 is 0 Å². The van der Waals surface area contributed by atoms with E-state index in [1.54, 1.807) is 0 Å². The van der Waals surface area contributed by atoms with E-state index in [4.69, 9.17) is 0 Å². The maximum atomic E-state index is 11.3. The smallest absolute Gasteiger partial charge is 0.460 e. The minimum atomic E-state index is -4.68. The van der Waals surface area contributed by atoms with Gasteiger partial charge in [-0.3, -0.25) is 4.74 Å². The number of carbonyl (C=O) groups is 1. The van der Waals surface area contributed by atoms with Crippen LogP contribution in [0.15, 0.2) is 12.7 Å². The van der Waals surface area contributed by atoms with Crippen LogP contribution in [0.25, 0.3) is 0 Å². The fourth-order valence-electron chi connectivity index (χ4n) is 0.359. The predicted molar refractivity (Wildman–Crippen MR) is 33.2 cm³/mol. The zero-order valence-corrected chi connectivity index (χ0v) is 6.06. The van der Waals surface area contributed by atoms with Crippen molar-refractivity contribution < 1.29 is 27.4 Å². The van der Waals surface area contributed by atoms with E-state index in [0.29, 0.717) is 0 Å². The summed E-state index contributed by atoms with van der Waals surface area (Å²) in [6, 6.07) is 0. The second-order valence-corrected chi connectivity index (χ2v) is 1.67. The molecule has 12 heavy (non-hydrogen) atoms. The molecule has 0 atom stereocenters. The molecule has 0 bridgehead atoms. The molecule has 0 fully saturated rings. The van der Waals surface area contributed by atoms with E-state index in [1.807, 2.05) is 0 Å². The Kier molecular flexibility index (Phi) is 4.35. The van der Waals surface area contributed by atoms with E-state index >= 15 is 0 Å². The van der Waals surface area contributed by atoms with E-state index in [-0.39, 0.29) is 0 Å². The number of carbonyl (C=O) groups excluding carboxylic acids is 1. The minimum Gasteiger partial charge on any atom is -0.460 e. The molecule has 0 radical (unpaired) electrons. The number of esters is 1. The Hall–Kier alpha value is -1.04. The molecule has 70 valence electrons. The largest absolute Gasteiger partial charge is 0.522 e. The van der Waals surface area contributed by atoms with Gasteiger partial charge in [0.25, 0.3) is 0 Å². The molecule has 0 spiro atoms. The van der Waals surface area contributed by atoms with Crippen LogP contribution in [0.3, 0.4) is 0 Å². The highest BCUT2D eigenvalue weighted by Crippen LogP contribution is 2.15. The maximum Gasteiger partial charge on any atom is 0.522 e. The molecule has 3 nitrogen and oxygen atoms in total. The van der Waals surface area contributed by atoms with Gasteiger partial charge in [0.1, 0.15) is 6.61 Å². The lowest BCUT2D eigenvalue weighted by molar-refractivity contribution is -0.326. The Labute approximate surface area is 66.8 Å². The average Bonchev–Trinajstić information content (AvgIpc) is 1.96. The molecule has 0 aliphatic carbocycles. The summed E-state index contributed by atoms with van der Waals surface area (Å²) in [6.07, 6.45) is -3.83. The monoisotopic (exact) mass is 184 g/mol. The first-order valence-electron chi connectivity index (χ1n) is 2.95. The Morgan fingerprint density at radius 3 is 2.42 bits per heavy atom. The zero-order chi connectivity index (χ0) is 9.61. The first kappa shape index (κ1) is 11.0. The molecule has 0 aliphatic heterocycles. The van der Waals surface area contributed by atoms with Gasteiger partial charge in [0, 0.05) is 6.08 Å². The van der Waals surface area contributed by atoms with Crippen molar-refractivity contribution in [3.8, 4) is 0 Å².